The molecule has 0 radical (unpaired) electrons. The van der Waals surface area contributed by atoms with E-state index in [0.717, 1.165) is 20.0 Å². The summed E-state index contributed by atoms with van der Waals surface area (Å²) in [4.78, 5) is 10.9. The molecule has 106 valence electrons. The number of methoxy groups -OCH3 is 1. The van der Waals surface area contributed by atoms with Crippen molar-refractivity contribution in [2.75, 3.05) is 27.2 Å². The van der Waals surface area contributed by atoms with Crippen LogP contribution in [0.4, 0.5) is 4.79 Å². The van der Waals surface area contributed by atoms with Crippen molar-refractivity contribution in [3.8, 4) is 0 Å². The molecule has 1 saturated heterocycles. The van der Waals surface area contributed by atoms with Crippen LogP contribution < -0.4 is 10.0 Å². The normalized spacial score (nSPS) is 20.4. The lowest BCUT2D eigenvalue weighted by molar-refractivity contribution is 0.176. The minimum atomic E-state index is -3.76. The molecule has 0 saturated carbocycles. The molecule has 1 amide bonds. The van der Waals surface area contributed by atoms with E-state index in [1.807, 2.05) is 11.8 Å². The van der Waals surface area contributed by atoms with Crippen LogP contribution in [0.2, 0.25) is 0 Å². The summed E-state index contributed by atoms with van der Waals surface area (Å²) >= 11 is 0. The lowest BCUT2D eigenvalue weighted by Gasteiger charge is -2.33. The van der Waals surface area contributed by atoms with Gasteiger partial charge in [0.05, 0.1) is 7.11 Å². The van der Waals surface area contributed by atoms with Gasteiger partial charge in [-0.2, -0.15) is 12.7 Å². The highest BCUT2D eigenvalue weighted by atomic mass is 32.2. The van der Waals surface area contributed by atoms with Crippen molar-refractivity contribution in [2.45, 2.75) is 25.8 Å². The van der Waals surface area contributed by atoms with Crippen LogP contribution in [0.25, 0.3) is 0 Å². The highest BCUT2D eigenvalue weighted by Crippen LogP contribution is 2.21. The molecular weight excluding hydrogens is 258 g/mol. The maximum absolute atomic E-state index is 11.8. The monoisotopic (exact) mass is 279 g/mol. The van der Waals surface area contributed by atoms with Gasteiger partial charge in [-0.25, -0.2) is 9.52 Å². The number of amides is 1. The van der Waals surface area contributed by atoms with E-state index < -0.39 is 16.3 Å². The molecule has 0 aromatic rings. The highest BCUT2D eigenvalue weighted by molar-refractivity contribution is 7.87. The molecule has 0 aromatic heterocycles. The summed E-state index contributed by atoms with van der Waals surface area (Å²) < 4.78 is 31.0. The number of ether oxygens (including phenoxy) is 1. The number of nitrogens with zero attached hydrogens (tertiary/aromatic N) is 1. The highest BCUT2D eigenvalue weighted by Gasteiger charge is 2.30. The number of rotatable bonds is 4. The third kappa shape index (κ3) is 3.82. The number of hydrogen-bond donors (Lipinski definition) is 2. The third-order valence-electron chi connectivity index (χ3n) is 3.40. The Balaban J connectivity index is 2.54. The molecule has 1 fully saturated rings. The van der Waals surface area contributed by atoms with Crippen LogP contribution >= 0.6 is 0 Å². The smallest absolute Gasteiger partial charge is 0.421 e. The van der Waals surface area contributed by atoms with Gasteiger partial charge >= 0.3 is 16.3 Å². The summed E-state index contributed by atoms with van der Waals surface area (Å²) in [5.74, 6) is 0.458. The zero-order valence-corrected chi connectivity index (χ0v) is 11.8. The summed E-state index contributed by atoms with van der Waals surface area (Å²) in [7, 11) is -0.736. The van der Waals surface area contributed by atoms with Gasteiger partial charge in [0.15, 0.2) is 0 Å². The van der Waals surface area contributed by atoms with Crippen molar-refractivity contribution in [1.29, 1.82) is 0 Å². The van der Waals surface area contributed by atoms with E-state index in [-0.39, 0.29) is 0 Å². The van der Waals surface area contributed by atoms with Gasteiger partial charge < -0.3 is 10.1 Å². The molecule has 1 aliphatic rings. The lowest BCUT2D eigenvalue weighted by Crippen LogP contribution is -2.48. The number of carbonyl (C=O) groups excluding carboxylic acids is 1. The molecular formula is C10H21N3O4S. The van der Waals surface area contributed by atoms with E-state index in [1.54, 1.807) is 0 Å². The first-order valence-corrected chi connectivity index (χ1v) is 7.37. The van der Waals surface area contributed by atoms with Crippen LogP contribution in [0, 0.1) is 5.92 Å². The molecule has 18 heavy (non-hydrogen) atoms. The van der Waals surface area contributed by atoms with Crippen LogP contribution in [0.3, 0.4) is 0 Å². The van der Waals surface area contributed by atoms with E-state index in [0.29, 0.717) is 25.0 Å². The van der Waals surface area contributed by atoms with Gasteiger partial charge in [0.25, 0.3) is 0 Å². The third-order valence-corrected chi connectivity index (χ3v) is 4.87. The van der Waals surface area contributed by atoms with E-state index in [9.17, 15) is 13.2 Å². The van der Waals surface area contributed by atoms with Crippen LogP contribution in [0.15, 0.2) is 0 Å². The van der Waals surface area contributed by atoms with E-state index in [1.165, 1.54) is 4.31 Å². The predicted molar refractivity (Wildman–Crippen MR) is 67.3 cm³/mol. The molecule has 1 rings (SSSR count). The Morgan fingerprint density at radius 3 is 2.39 bits per heavy atom. The van der Waals surface area contributed by atoms with Crippen molar-refractivity contribution in [2.24, 2.45) is 5.92 Å². The summed E-state index contributed by atoms with van der Waals surface area (Å²) in [6.07, 6.45) is 0.606. The van der Waals surface area contributed by atoms with Crippen LogP contribution in [-0.2, 0) is 14.9 Å². The average Bonchev–Trinajstić information content (AvgIpc) is 2.37. The van der Waals surface area contributed by atoms with Crippen LogP contribution in [0.1, 0.15) is 19.8 Å². The lowest BCUT2D eigenvalue weighted by atomic mass is 9.91. The fraction of sp³-hybridized carbons (Fsp3) is 0.900. The second-order valence-corrected chi connectivity index (χ2v) is 6.08. The molecule has 0 spiro atoms. The maximum atomic E-state index is 11.8. The first-order chi connectivity index (χ1) is 8.40. The largest absolute Gasteiger partial charge is 0.452 e. The molecule has 1 unspecified atom stereocenters. The Morgan fingerprint density at radius 1 is 1.39 bits per heavy atom. The van der Waals surface area contributed by atoms with Gasteiger partial charge in [-0.15, -0.1) is 0 Å². The molecule has 2 N–H and O–H groups in total. The van der Waals surface area contributed by atoms with Crippen molar-refractivity contribution >= 4 is 16.3 Å². The van der Waals surface area contributed by atoms with Gasteiger partial charge in [0.2, 0.25) is 0 Å². The second kappa shape index (κ2) is 6.35. The predicted octanol–water partition coefficient (Wildman–Crippen LogP) is -0.0929. The average molecular weight is 279 g/mol. The first kappa shape index (κ1) is 15.2. The van der Waals surface area contributed by atoms with Crippen molar-refractivity contribution < 1.29 is 17.9 Å². The topological polar surface area (TPSA) is 87.7 Å². The Hall–Kier alpha value is -0.860. The van der Waals surface area contributed by atoms with E-state index in [4.69, 9.17) is 0 Å². The minimum Gasteiger partial charge on any atom is -0.452 e. The summed E-state index contributed by atoms with van der Waals surface area (Å²) in [6.45, 7) is 2.92. The fourth-order valence-electron chi connectivity index (χ4n) is 2.06. The Morgan fingerprint density at radius 2 is 1.94 bits per heavy atom. The van der Waals surface area contributed by atoms with Gasteiger partial charge in [0, 0.05) is 19.1 Å². The zero-order chi connectivity index (χ0) is 13.8. The molecule has 1 atom stereocenters. The number of hydrogen-bond acceptors (Lipinski definition) is 5. The SMILES string of the molecule is CNC(C)C1CCN(S(=O)(=O)NC(=O)OC)CC1. The Kier molecular flexibility index (Phi) is 5.36. The summed E-state index contributed by atoms with van der Waals surface area (Å²) in [5, 5.41) is 3.17. The number of piperidine rings is 1. The number of nitrogens with one attached hydrogen (secondary N) is 2. The van der Waals surface area contributed by atoms with Gasteiger partial charge in [-0.1, -0.05) is 0 Å². The van der Waals surface area contributed by atoms with Crippen molar-refractivity contribution in [3.05, 3.63) is 0 Å². The molecule has 8 heteroatoms. The quantitative estimate of drug-likeness (QED) is 0.751. The van der Waals surface area contributed by atoms with Gasteiger partial charge in [-0.3, -0.25) is 0 Å². The first-order valence-electron chi connectivity index (χ1n) is 5.93. The molecule has 0 bridgehead atoms. The van der Waals surface area contributed by atoms with Crippen molar-refractivity contribution in [3.63, 3.8) is 0 Å². The molecule has 1 aliphatic heterocycles. The Labute approximate surface area is 108 Å². The zero-order valence-electron chi connectivity index (χ0n) is 11.0. The van der Waals surface area contributed by atoms with E-state index >= 15 is 0 Å². The standard InChI is InChI=1S/C10H21N3O4S/c1-8(11-2)9-4-6-13(7-5-9)18(15,16)12-10(14)17-3/h8-9,11H,4-7H2,1-3H3,(H,12,14). The minimum absolute atomic E-state index is 0.364. The summed E-state index contributed by atoms with van der Waals surface area (Å²) in [6, 6.07) is 0.364. The molecule has 7 nitrogen and oxygen atoms in total. The molecule has 0 aliphatic carbocycles. The molecule has 0 aromatic carbocycles. The van der Waals surface area contributed by atoms with Crippen molar-refractivity contribution in [1.82, 2.24) is 14.3 Å². The number of carbonyl (C=O) groups is 1. The second-order valence-electron chi connectivity index (χ2n) is 4.41. The molecule has 1 heterocycles. The van der Waals surface area contributed by atoms with E-state index in [2.05, 4.69) is 17.0 Å². The van der Waals surface area contributed by atoms with Gasteiger partial charge in [-0.05, 0) is 32.7 Å². The fourth-order valence-corrected chi connectivity index (χ4v) is 3.18. The van der Waals surface area contributed by atoms with Gasteiger partial charge in [0.1, 0.15) is 0 Å². The maximum Gasteiger partial charge on any atom is 0.421 e. The summed E-state index contributed by atoms with van der Waals surface area (Å²) in [5.41, 5.74) is 0. The Bertz CT molecular complexity index is 377. The van der Waals surface area contributed by atoms with Crippen LogP contribution in [-0.4, -0.2) is 52.1 Å². The van der Waals surface area contributed by atoms with Crippen LogP contribution in [0.5, 0.6) is 0 Å².